The molecule has 3 rings (SSSR count). The number of imide groups is 1. The molecule has 2 aromatic carbocycles. The van der Waals surface area contributed by atoms with Crippen LogP contribution in [0.5, 0.6) is 0 Å². The molecule has 2 aromatic rings. The van der Waals surface area contributed by atoms with Gasteiger partial charge in [-0.2, -0.15) is 0 Å². The minimum absolute atomic E-state index is 0.0897. The summed E-state index contributed by atoms with van der Waals surface area (Å²) in [6, 6.07) is 13.1. The third kappa shape index (κ3) is 6.28. The maximum atomic E-state index is 12.3. The number of nitrogens with zero attached hydrogens (tertiary/aromatic N) is 1. The van der Waals surface area contributed by atoms with Crippen LogP contribution in [0.2, 0.25) is 0 Å². The van der Waals surface area contributed by atoms with Gasteiger partial charge in [0.1, 0.15) is 0 Å². The molecule has 32 heavy (non-hydrogen) atoms. The van der Waals surface area contributed by atoms with Crippen LogP contribution in [0.15, 0.2) is 42.5 Å². The average molecular weight is 435 g/mol. The van der Waals surface area contributed by atoms with E-state index in [-0.39, 0.29) is 17.7 Å². The van der Waals surface area contributed by atoms with Gasteiger partial charge in [0.05, 0.1) is 11.1 Å². The molecule has 0 saturated heterocycles. The van der Waals surface area contributed by atoms with Crippen molar-refractivity contribution in [2.75, 3.05) is 11.9 Å². The summed E-state index contributed by atoms with van der Waals surface area (Å²) in [4.78, 5) is 38.2. The van der Waals surface area contributed by atoms with E-state index in [9.17, 15) is 14.4 Å². The molecule has 1 aliphatic rings. The van der Waals surface area contributed by atoms with Crippen LogP contribution in [0.4, 0.5) is 5.69 Å². The van der Waals surface area contributed by atoms with Crippen LogP contribution in [-0.2, 0) is 4.79 Å². The number of aryl methyl sites for hydroxylation is 2. The Morgan fingerprint density at radius 2 is 1.34 bits per heavy atom. The third-order valence-corrected chi connectivity index (χ3v) is 6.08. The topological polar surface area (TPSA) is 66.5 Å². The number of hydrogen-bond acceptors (Lipinski definition) is 3. The average Bonchev–Trinajstić information content (AvgIpc) is 3.02. The summed E-state index contributed by atoms with van der Waals surface area (Å²) in [5.41, 5.74) is 4.21. The van der Waals surface area contributed by atoms with E-state index in [4.69, 9.17) is 0 Å². The normalized spacial score (nSPS) is 12.9. The maximum absolute atomic E-state index is 12.3. The van der Waals surface area contributed by atoms with Crippen molar-refractivity contribution >= 4 is 23.4 Å². The lowest BCUT2D eigenvalue weighted by atomic mass is 10.1. The van der Waals surface area contributed by atoms with Crippen molar-refractivity contribution in [3.8, 4) is 0 Å². The largest absolute Gasteiger partial charge is 0.326 e. The van der Waals surface area contributed by atoms with Gasteiger partial charge in [-0.25, -0.2) is 0 Å². The van der Waals surface area contributed by atoms with Crippen LogP contribution in [-0.4, -0.2) is 29.2 Å². The second-order valence-electron chi connectivity index (χ2n) is 8.75. The SMILES string of the molecule is Cc1ccc(C)c(NC(=O)CCCCCCCCCCN2C(=O)c3ccccc3C2=O)c1. The van der Waals surface area contributed by atoms with Gasteiger partial charge in [-0.15, -0.1) is 0 Å². The van der Waals surface area contributed by atoms with Crippen molar-refractivity contribution in [2.45, 2.75) is 71.6 Å². The molecular weight excluding hydrogens is 400 g/mol. The summed E-state index contributed by atoms with van der Waals surface area (Å²) in [6.07, 6.45) is 8.96. The van der Waals surface area contributed by atoms with Gasteiger partial charge in [-0.05, 0) is 56.0 Å². The minimum atomic E-state index is -0.160. The van der Waals surface area contributed by atoms with Gasteiger partial charge in [-0.1, -0.05) is 62.8 Å². The lowest BCUT2D eigenvalue weighted by molar-refractivity contribution is -0.116. The van der Waals surface area contributed by atoms with E-state index < -0.39 is 0 Å². The second kappa shape index (κ2) is 11.6. The Labute approximate surface area is 191 Å². The molecule has 0 aromatic heterocycles. The zero-order valence-electron chi connectivity index (χ0n) is 19.3. The molecule has 5 heteroatoms. The van der Waals surface area contributed by atoms with Crippen LogP contribution >= 0.6 is 0 Å². The number of amides is 3. The fraction of sp³-hybridized carbons (Fsp3) is 0.444. The number of unbranched alkanes of at least 4 members (excludes halogenated alkanes) is 7. The zero-order valence-corrected chi connectivity index (χ0v) is 19.3. The highest BCUT2D eigenvalue weighted by Crippen LogP contribution is 2.23. The van der Waals surface area contributed by atoms with E-state index >= 15 is 0 Å². The van der Waals surface area contributed by atoms with E-state index in [1.807, 2.05) is 26.0 Å². The minimum Gasteiger partial charge on any atom is -0.326 e. The number of anilines is 1. The van der Waals surface area contributed by atoms with Gasteiger partial charge in [-0.3, -0.25) is 19.3 Å². The third-order valence-electron chi connectivity index (χ3n) is 6.08. The lowest BCUT2D eigenvalue weighted by Gasteiger charge is -2.13. The summed E-state index contributed by atoms with van der Waals surface area (Å²) in [7, 11) is 0. The highest BCUT2D eigenvalue weighted by Gasteiger charge is 2.34. The molecule has 1 aliphatic heterocycles. The number of carbonyl (C=O) groups excluding carboxylic acids is 3. The Hall–Kier alpha value is -2.95. The fourth-order valence-electron chi connectivity index (χ4n) is 4.14. The molecule has 5 nitrogen and oxygen atoms in total. The van der Waals surface area contributed by atoms with E-state index in [1.54, 1.807) is 24.3 Å². The molecule has 170 valence electrons. The lowest BCUT2D eigenvalue weighted by Crippen LogP contribution is -2.30. The first-order valence-electron chi connectivity index (χ1n) is 11.8. The summed E-state index contributed by atoms with van der Waals surface area (Å²) >= 11 is 0. The van der Waals surface area contributed by atoms with Crippen molar-refractivity contribution in [1.29, 1.82) is 0 Å². The Morgan fingerprint density at radius 1 is 0.781 bits per heavy atom. The Bertz CT molecular complexity index is 932. The Balaban J connectivity index is 1.20. The molecule has 0 saturated carbocycles. The molecule has 1 heterocycles. The van der Waals surface area contributed by atoms with E-state index in [0.29, 0.717) is 24.1 Å². The van der Waals surface area contributed by atoms with Gasteiger partial charge < -0.3 is 5.32 Å². The van der Waals surface area contributed by atoms with Crippen LogP contribution in [0, 0.1) is 13.8 Å². The van der Waals surface area contributed by atoms with E-state index in [1.165, 1.54) is 4.90 Å². The fourth-order valence-corrected chi connectivity index (χ4v) is 4.14. The van der Waals surface area contributed by atoms with Crippen molar-refractivity contribution in [3.63, 3.8) is 0 Å². The van der Waals surface area contributed by atoms with Crippen LogP contribution in [0.1, 0.15) is 89.6 Å². The number of nitrogens with one attached hydrogen (secondary N) is 1. The molecule has 0 atom stereocenters. The molecule has 0 radical (unpaired) electrons. The van der Waals surface area contributed by atoms with Gasteiger partial charge in [0.2, 0.25) is 5.91 Å². The van der Waals surface area contributed by atoms with Crippen LogP contribution in [0.3, 0.4) is 0 Å². The first kappa shape index (κ1) is 23.7. The first-order chi connectivity index (χ1) is 15.5. The molecular formula is C27H34N2O3. The quantitative estimate of drug-likeness (QED) is 0.327. The molecule has 1 N–H and O–H groups in total. The predicted molar refractivity (Wildman–Crippen MR) is 128 cm³/mol. The summed E-state index contributed by atoms with van der Waals surface area (Å²) in [5.74, 6) is -0.230. The van der Waals surface area contributed by atoms with Crippen molar-refractivity contribution < 1.29 is 14.4 Å². The standard InChI is InChI=1S/C27H34N2O3/c1-20-16-17-21(2)24(19-20)28-25(30)15-9-7-5-3-4-6-8-12-18-29-26(31)22-13-10-11-14-23(22)27(29)32/h10-11,13-14,16-17,19H,3-9,12,15,18H2,1-2H3,(H,28,30). The summed E-state index contributed by atoms with van der Waals surface area (Å²) in [5, 5.41) is 3.02. The van der Waals surface area contributed by atoms with E-state index in [2.05, 4.69) is 11.4 Å². The van der Waals surface area contributed by atoms with Crippen molar-refractivity contribution in [3.05, 3.63) is 64.7 Å². The Morgan fingerprint density at radius 3 is 1.97 bits per heavy atom. The first-order valence-corrected chi connectivity index (χ1v) is 11.8. The zero-order chi connectivity index (χ0) is 22.9. The van der Waals surface area contributed by atoms with Gasteiger partial charge in [0, 0.05) is 18.7 Å². The smallest absolute Gasteiger partial charge is 0.261 e. The highest BCUT2D eigenvalue weighted by molar-refractivity contribution is 6.21. The number of fused-ring (bicyclic) bond motifs is 1. The number of benzene rings is 2. The predicted octanol–water partition coefficient (Wildman–Crippen LogP) is 6.05. The van der Waals surface area contributed by atoms with Gasteiger partial charge in [0.25, 0.3) is 11.8 Å². The second-order valence-corrected chi connectivity index (χ2v) is 8.75. The van der Waals surface area contributed by atoms with Crippen LogP contribution in [0.25, 0.3) is 0 Å². The summed E-state index contributed by atoms with van der Waals surface area (Å²) < 4.78 is 0. The monoisotopic (exact) mass is 434 g/mol. The van der Waals surface area contributed by atoms with Crippen LogP contribution < -0.4 is 5.32 Å². The van der Waals surface area contributed by atoms with E-state index in [0.717, 1.165) is 68.2 Å². The molecule has 0 fully saturated rings. The molecule has 0 spiro atoms. The highest BCUT2D eigenvalue weighted by atomic mass is 16.2. The molecule has 3 amide bonds. The maximum Gasteiger partial charge on any atom is 0.261 e. The Kier molecular flexibility index (Phi) is 8.60. The van der Waals surface area contributed by atoms with Crippen molar-refractivity contribution in [1.82, 2.24) is 4.90 Å². The molecule has 0 unspecified atom stereocenters. The number of carbonyl (C=O) groups is 3. The molecule has 0 aliphatic carbocycles. The number of rotatable bonds is 12. The van der Waals surface area contributed by atoms with Gasteiger partial charge >= 0.3 is 0 Å². The number of hydrogen-bond donors (Lipinski definition) is 1. The summed E-state index contributed by atoms with van der Waals surface area (Å²) in [6.45, 7) is 4.54. The van der Waals surface area contributed by atoms with Crippen molar-refractivity contribution in [2.24, 2.45) is 0 Å². The van der Waals surface area contributed by atoms with Gasteiger partial charge in [0.15, 0.2) is 0 Å². The molecule has 0 bridgehead atoms.